The number of likely N-dealkylation sites (N-methyl/N-ethyl adjacent to an activating group) is 1. The van der Waals surface area contributed by atoms with Crippen LogP contribution in [0.3, 0.4) is 0 Å². The third-order valence-electron chi connectivity index (χ3n) is 4.05. The van der Waals surface area contributed by atoms with Crippen molar-refractivity contribution in [1.82, 2.24) is 10.2 Å². The molecule has 0 radical (unpaired) electrons. The van der Waals surface area contributed by atoms with Gasteiger partial charge in [-0.3, -0.25) is 9.69 Å². The Kier molecular flexibility index (Phi) is 4.99. The molecule has 4 heteroatoms. The lowest BCUT2D eigenvalue weighted by atomic mass is 10.0. The number of rotatable bonds is 6. The largest absolute Gasteiger partial charge is 0.352 e. The van der Waals surface area contributed by atoms with Crippen molar-refractivity contribution in [3.8, 4) is 0 Å². The Morgan fingerprint density at radius 1 is 1.22 bits per heavy atom. The predicted molar refractivity (Wildman–Crippen MR) is 93.3 cm³/mol. The predicted octanol–water partition coefficient (Wildman–Crippen LogP) is 3.79. The maximum Gasteiger partial charge on any atom is 0.242 e. The molecule has 1 amide bonds. The number of hydrogen-bond acceptors (Lipinski definition) is 2. The first-order chi connectivity index (χ1) is 11.1. The van der Waals surface area contributed by atoms with Gasteiger partial charge in [0.05, 0.1) is 0 Å². The minimum absolute atomic E-state index is 0.0724. The number of carbonyl (C=O) groups is 1. The zero-order chi connectivity index (χ0) is 16.2. The van der Waals surface area contributed by atoms with Crippen molar-refractivity contribution in [2.45, 2.75) is 31.5 Å². The quantitative estimate of drug-likeness (QED) is 0.875. The molecule has 1 N–H and O–H groups in total. The molecule has 0 unspecified atom stereocenters. The van der Waals surface area contributed by atoms with Crippen LogP contribution in [0.15, 0.2) is 54.6 Å². The van der Waals surface area contributed by atoms with Crippen molar-refractivity contribution in [2.75, 3.05) is 7.05 Å². The highest BCUT2D eigenvalue weighted by Gasteiger charge is 2.30. The fourth-order valence-electron chi connectivity index (χ4n) is 2.76. The van der Waals surface area contributed by atoms with Crippen LogP contribution in [-0.2, 0) is 11.3 Å². The van der Waals surface area contributed by atoms with E-state index in [9.17, 15) is 4.79 Å². The van der Waals surface area contributed by atoms with Gasteiger partial charge in [-0.25, -0.2) is 0 Å². The molecule has 2 aromatic rings. The first-order valence-corrected chi connectivity index (χ1v) is 8.31. The molecule has 3 rings (SSSR count). The first-order valence-electron chi connectivity index (χ1n) is 7.93. The number of carbonyl (C=O) groups excluding carboxylic acids is 1. The van der Waals surface area contributed by atoms with E-state index >= 15 is 0 Å². The van der Waals surface area contributed by atoms with E-state index in [1.807, 2.05) is 61.6 Å². The number of halogens is 1. The Morgan fingerprint density at radius 2 is 1.96 bits per heavy atom. The molecule has 1 saturated carbocycles. The van der Waals surface area contributed by atoms with Crippen LogP contribution in [0.1, 0.15) is 30.0 Å². The van der Waals surface area contributed by atoms with Crippen LogP contribution < -0.4 is 5.32 Å². The summed E-state index contributed by atoms with van der Waals surface area (Å²) in [6.07, 6.45) is 2.18. The molecule has 1 aliphatic carbocycles. The maximum atomic E-state index is 12.7. The fourth-order valence-corrected chi connectivity index (χ4v) is 2.98. The minimum Gasteiger partial charge on any atom is -0.352 e. The molecule has 2 aromatic carbocycles. The van der Waals surface area contributed by atoms with E-state index in [0.717, 1.165) is 29.0 Å². The van der Waals surface area contributed by atoms with Crippen LogP contribution in [0, 0.1) is 0 Å². The zero-order valence-corrected chi connectivity index (χ0v) is 14.0. The molecule has 0 bridgehead atoms. The number of nitrogens with one attached hydrogen (secondary N) is 1. The molecule has 1 fully saturated rings. The van der Waals surface area contributed by atoms with Crippen molar-refractivity contribution in [2.24, 2.45) is 0 Å². The first kappa shape index (κ1) is 16.0. The van der Waals surface area contributed by atoms with Gasteiger partial charge in [0.25, 0.3) is 0 Å². The molecule has 0 saturated heterocycles. The third-order valence-corrected chi connectivity index (χ3v) is 4.28. The lowest BCUT2D eigenvalue weighted by molar-refractivity contribution is -0.126. The second-order valence-electron chi connectivity index (χ2n) is 6.14. The average molecular weight is 329 g/mol. The molecule has 23 heavy (non-hydrogen) atoms. The van der Waals surface area contributed by atoms with E-state index in [0.29, 0.717) is 12.6 Å². The van der Waals surface area contributed by atoms with Crippen LogP contribution in [0.2, 0.25) is 5.02 Å². The lowest BCUT2D eigenvalue weighted by Gasteiger charge is -2.27. The summed E-state index contributed by atoms with van der Waals surface area (Å²) < 4.78 is 0. The van der Waals surface area contributed by atoms with Gasteiger partial charge in [0.1, 0.15) is 6.04 Å². The molecule has 0 aromatic heterocycles. The van der Waals surface area contributed by atoms with Gasteiger partial charge in [0, 0.05) is 17.6 Å². The number of amides is 1. The Balaban J connectivity index is 1.80. The summed E-state index contributed by atoms with van der Waals surface area (Å²) >= 11 is 6.07. The van der Waals surface area contributed by atoms with Gasteiger partial charge in [-0.2, -0.15) is 0 Å². The van der Waals surface area contributed by atoms with E-state index in [1.54, 1.807) is 0 Å². The highest BCUT2D eigenvalue weighted by molar-refractivity contribution is 6.30. The van der Waals surface area contributed by atoms with Gasteiger partial charge in [0.2, 0.25) is 5.91 Å². The standard InChI is InChI=1S/C19H21ClN2O/c1-22(13-14-6-5-9-16(20)12-14)18(15-7-3-2-4-8-15)19(23)21-17-10-11-17/h2-9,12,17-18H,10-11,13H2,1H3,(H,21,23)/t18-/m0/s1. The van der Waals surface area contributed by atoms with E-state index in [1.165, 1.54) is 0 Å². The zero-order valence-electron chi connectivity index (χ0n) is 13.2. The summed E-state index contributed by atoms with van der Waals surface area (Å²) in [6, 6.07) is 17.8. The van der Waals surface area contributed by atoms with Gasteiger partial charge >= 0.3 is 0 Å². The topological polar surface area (TPSA) is 32.3 Å². The number of nitrogens with zero attached hydrogens (tertiary/aromatic N) is 1. The Hall–Kier alpha value is -1.84. The van der Waals surface area contributed by atoms with Gasteiger partial charge < -0.3 is 5.32 Å². The summed E-state index contributed by atoms with van der Waals surface area (Å²) in [5.74, 6) is 0.0724. The maximum absolute atomic E-state index is 12.7. The van der Waals surface area contributed by atoms with Crippen molar-refractivity contribution >= 4 is 17.5 Å². The van der Waals surface area contributed by atoms with Gasteiger partial charge in [-0.1, -0.05) is 54.1 Å². The summed E-state index contributed by atoms with van der Waals surface area (Å²) in [5, 5.41) is 3.84. The van der Waals surface area contributed by atoms with E-state index in [-0.39, 0.29) is 11.9 Å². The molecule has 120 valence electrons. The van der Waals surface area contributed by atoms with Crippen molar-refractivity contribution in [3.63, 3.8) is 0 Å². The fraction of sp³-hybridized carbons (Fsp3) is 0.316. The van der Waals surface area contributed by atoms with Crippen molar-refractivity contribution < 1.29 is 4.79 Å². The van der Waals surface area contributed by atoms with Gasteiger partial charge in [-0.15, -0.1) is 0 Å². The lowest BCUT2D eigenvalue weighted by Crippen LogP contribution is -2.39. The van der Waals surface area contributed by atoms with Gasteiger partial charge in [0.15, 0.2) is 0 Å². The smallest absolute Gasteiger partial charge is 0.242 e. The summed E-state index contributed by atoms with van der Waals surface area (Å²) in [5.41, 5.74) is 2.11. The van der Waals surface area contributed by atoms with Crippen LogP contribution in [0.25, 0.3) is 0 Å². The summed E-state index contributed by atoms with van der Waals surface area (Å²) in [7, 11) is 1.98. The Morgan fingerprint density at radius 3 is 2.61 bits per heavy atom. The third kappa shape index (κ3) is 4.34. The molecule has 0 spiro atoms. The molecule has 1 atom stereocenters. The molecule has 3 nitrogen and oxygen atoms in total. The SMILES string of the molecule is CN(Cc1cccc(Cl)c1)[C@H](C(=O)NC1CC1)c1ccccc1. The molecular weight excluding hydrogens is 308 g/mol. The molecule has 1 aliphatic rings. The summed E-state index contributed by atoms with van der Waals surface area (Å²) in [4.78, 5) is 14.8. The normalized spacial score (nSPS) is 15.4. The highest BCUT2D eigenvalue weighted by atomic mass is 35.5. The highest BCUT2D eigenvalue weighted by Crippen LogP contribution is 2.25. The Bertz CT molecular complexity index is 670. The number of hydrogen-bond donors (Lipinski definition) is 1. The van der Waals surface area contributed by atoms with E-state index in [2.05, 4.69) is 10.2 Å². The van der Waals surface area contributed by atoms with E-state index < -0.39 is 0 Å². The van der Waals surface area contributed by atoms with Crippen molar-refractivity contribution in [3.05, 3.63) is 70.7 Å². The van der Waals surface area contributed by atoms with Crippen molar-refractivity contribution in [1.29, 1.82) is 0 Å². The van der Waals surface area contributed by atoms with Crippen LogP contribution >= 0.6 is 11.6 Å². The van der Waals surface area contributed by atoms with Gasteiger partial charge in [-0.05, 0) is 43.1 Å². The molecule has 0 heterocycles. The van der Waals surface area contributed by atoms with Crippen LogP contribution in [0.5, 0.6) is 0 Å². The molecule has 0 aliphatic heterocycles. The summed E-state index contributed by atoms with van der Waals surface area (Å²) in [6.45, 7) is 0.665. The van der Waals surface area contributed by atoms with E-state index in [4.69, 9.17) is 11.6 Å². The molecular formula is C19H21ClN2O. The number of benzene rings is 2. The monoisotopic (exact) mass is 328 g/mol. The van der Waals surface area contributed by atoms with Crippen LogP contribution in [0.4, 0.5) is 0 Å². The Labute approximate surface area is 142 Å². The minimum atomic E-state index is -0.296. The van der Waals surface area contributed by atoms with Crippen LogP contribution in [-0.4, -0.2) is 23.9 Å². The second kappa shape index (κ2) is 7.16. The second-order valence-corrected chi connectivity index (χ2v) is 6.58. The average Bonchev–Trinajstić information content (AvgIpc) is 3.32.